The van der Waals surface area contributed by atoms with Crippen LogP contribution in [-0.4, -0.2) is 58.9 Å². The summed E-state index contributed by atoms with van der Waals surface area (Å²) in [4.78, 5) is 26.4. The summed E-state index contributed by atoms with van der Waals surface area (Å²) in [5.41, 5.74) is 0. The Morgan fingerprint density at radius 1 is 1.10 bits per heavy atom. The van der Waals surface area contributed by atoms with Crippen molar-refractivity contribution in [3.8, 4) is 0 Å². The van der Waals surface area contributed by atoms with E-state index in [1.165, 1.54) is 23.5 Å². The van der Waals surface area contributed by atoms with Crippen LogP contribution in [0.1, 0.15) is 16.5 Å². The molecule has 2 N–H and O–H groups in total. The Kier molecular flexibility index (Phi) is 8.30. The number of halogens is 1. The Morgan fingerprint density at radius 3 is 2.34 bits per heavy atom. The molecule has 1 heterocycles. The van der Waals surface area contributed by atoms with E-state index >= 15 is 0 Å². The second-order valence-electron chi connectivity index (χ2n) is 6.63. The van der Waals surface area contributed by atoms with Crippen LogP contribution in [0.3, 0.4) is 0 Å². The lowest BCUT2D eigenvalue weighted by molar-refractivity contribution is -0.139. The van der Waals surface area contributed by atoms with Crippen molar-refractivity contribution in [1.29, 1.82) is 0 Å². The van der Waals surface area contributed by atoms with Crippen LogP contribution in [0.15, 0.2) is 46.7 Å². The van der Waals surface area contributed by atoms with E-state index in [1.807, 2.05) is 19.0 Å². The molecule has 2 rings (SSSR count). The lowest BCUT2D eigenvalue weighted by Crippen LogP contribution is -2.42. The van der Waals surface area contributed by atoms with Gasteiger partial charge in [0.15, 0.2) is 9.84 Å². The predicted octanol–water partition coefficient (Wildman–Crippen LogP) is 1.59. The molecule has 1 aromatic carbocycles. The molecule has 1 atom stereocenters. The molecule has 2 aromatic rings. The molecule has 0 aliphatic heterocycles. The fourth-order valence-corrected chi connectivity index (χ4v) is 5.35. The molecule has 2 amide bonds. The summed E-state index contributed by atoms with van der Waals surface area (Å²) >= 11 is 1.23. The van der Waals surface area contributed by atoms with Gasteiger partial charge in [-0.1, -0.05) is 6.07 Å². The maximum atomic E-state index is 13.2. The highest BCUT2D eigenvalue weighted by Gasteiger charge is 2.31. The number of nitrogens with one attached hydrogen (secondary N) is 2. The van der Waals surface area contributed by atoms with E-state index in [9.17, 15) is 22.4 Å². The average Bonchev–Trinajstić information content (AvgIpc) is 3.19. The monoisotopic (exact) mass is 441 g/mol. The minimum atomic E-state index is -3.90. The largest absolute Gasteiger partial charge is 0.348 e. The molecule has 0 aliphatic rings. The third-order valence-corrected chi connectivity index (χ3v) is 7.33. The maximum Gasteiger partial charge on any atom is 0.309 e. The molecule has 0 spiro atoms. The second kappa shape index (κ2) is 10.5. The molecule has 0 radical (unpaired) electrons. The zero-order chi connectivity index (χ0) is 21.4. The van der Waals surface area contributed by atoms with Crippen molar-refractivity contribution in [2.24, 2.45) is 0 Å². The van der Waals surface area contributed by atoms with Gasteiger partial charge in [-0.3, -0.25) is 9.59 Å². The van der Waals surface area contributed by atoms with Crippen LogP contribution in [0.4, 0.5) is 4.39 Å². The number of nitrogens with zero attached hydrogens (tertiary/aromatic N) is 1. The number of carbonyl (C=O) groups is 2. The molecule has 0 saturated carbocycles. The summed E-state index contributed by atoms with van der Waals surface area (Å²) in [5.74, 6) is -2.26. The Hall–Kier alpha value is -2.30. The van der Waals surface area contributed by atoms with E-state index in [2.05, 4.69) is 10.6 Å². The van der Waals surface area contributed by atoms with Crippen molar-refractivity contribution in [1.82, 2.24) is 15.5 Å². The van der Waals surface area contributed by atoms with E-state index < -0.39 is 32.7 Å². The van der Waals surface area contributed by atoms with Gasteiger partial charge in [0.1, 0.15) is 11.1 Å². The van der Waals surface area contributed by atoms with Gasteiger partial charge < -0.3 is 15.5 Å². The first-order valence-electron chi connectivity index (χ1n) is 8.95. The van der Waals surface area contributed by atoms with Gasteiger partial charge in [0.05, 0.1) is 4.90 Å². The van der Waals surface area contributed by atoms with Crippen LogP contribution in [0.25, 0.3) is 0 Å². The van der Waals surface area contributed by atoms with E-state index in [0.29, 0.717) is 17.8 Å². The van der Waals surface area contributed by atoms with Crippen LogP contribution in [-0.2, 0) is 19.4 Å². The molecule has 0 unspecified atom stereocenters. The number of thiophene rings is 1. The van der Waals surface area contributed by atoms with Gasteiger partial charge in [0.25, 0.3) is 0 Å². The molecule has 1 aromatic heterocycles. The summed E-state index contributed by atoms with van der Waals surface area (Å²) in [5, 5.41) is 5.55. The summed E-state index contributed by atoms with van der Waals surface area (Å²) in [6.07, 6.45) is 0.683. The van der Waals surface area contributed by atoms with Gasteiger partial charge in [0.2, 0.25) is 0 Å². The van der Waals surface area contributed by atoms with Crippen molar-refractivity contribution in [2.45, 2.75) is 16.6 Å². The Labute approximate surface area is 173 Å². The second-order valence-corrected chi connectivity index (χ2v) is 9.74. The first-order chi connectivity index (χ1) is 13.7. The van der Waals surface area contributed by atoms with E-state index in [4.69, 9.17) is 0 Å². The van der Waals surface area contributed by atoms with Crippen LogP contribution in [0.2, 0.25) is 0 Å². The van der Waals surface area contributed by atoms with Crippen LogP contribution in [0, 0.1) is 5.82 Å². The number of carbonyl (C=O) groups excluding carboxylic acids is 2. The first kappa shape index (κ1) is 23.0. The normalized spacial score (nSPS) is 12.6. The average molecular weight is 442 g/mol. The quantitative estimate of drug-likeness (QED) is 0.350. The van der Waals surface area contributed by atoms with E-state index in [-0.39, 0.29) is 11.4 Å². The molecule has 0 saturated heterocycles. The maximum absolute atomic E-state index is 13.2. The fraction of sp³-hybridized carbons (Fsp3) is 0.368. The number of hydrogen-bond donors (Lipinski definition) is 2. The van der Waals surface area contributed by atoms with Gasteiger partial charge in [-0.05, 0) is 62.8 Å². The summed E-state index contributed by atoms with van der Waals surface area (Å²) in [6.45, 7) is 0.828. The molecular weight excluding hydrogens is 417 g/mol. The Balaban J connectivity index is 2.05. The standard InChI is InChI=1S/C19H24FN3O4S2/c1-23(2)11-4-10-21-18(24)19(25)22-13-17(16-5-3-12-28-16)29(26,27)15-8-6-14(20)7-9-15/h3,5-9,12,17H,4,10-11,13H2,1-2H3,(H,21,24)(H,22,25)/t17-/m0/s1. The molecule has 10 heteroatoms. The molecule has 0 bridgehead atoms. The number of rotatable bonds is 9. The van der Waals surface area contributed by atoms with Crippen molar-refractivity contribution in [2.75, 3.05) is 33.7 Å². The molecule has 0 aliphatic carbocycles. The van der Waals surface area contributed by atoms with Crippen molar-refractivity contribution >= 4 is 33.0 Å². The Bertz CT molecular complexity index is 913. The number of benzene rings is 1. The van der Waals surface area contributed by atoms with Crippen molar-refractivity contribution in [3.63, 3.8) is 0 Å². The van der Waals surface area contributed by atoms with Crippen LogP contribution < -0.4 is 10.6 Å². The Morgan fingerprint density at radius 2 is 1.76 bits per heavy atom. The number of sulfone groups is 1. The minimum Gasteiger partial charge on any atom is -0.348 e. The molecule has 7 nitrogen and oxygen atoms in total. The fourth-order valence-electron chi connectivity index (χ4n) is 2.57. The summed E-state index contributed by atoms with van der Waals surface area (Å²) < 4.78 is 39.2. The van der Waals surface area contributed by atoms with E-state index in [1.54, 1.807) is 17.5 Å². The molecule has 158 valence electrons. The van der Waals surface area contributed by atoms with Gasteiger partial charge in [-0.15, -0.1) is 11.3 Å². The van der Waals surface area contributed by atoms with Crippen LogP contribution in [0.5, 0.6) is 0 Å². The number of hydrogen-bond acceptors (Lipinski definition) is 6. The summed E-state index contributed by atoms with van der Waals surface area (Å²) in [6, 6.07) is 7.85. The van der Waals surface area contributed by atoms with E-state index in [0.717, 1.165) is 18.7 Å². The molecule has 29 heavy (non-hydrogen) atoms. The van der Waals surface area contributed by atoms with Crippen molar-refractivity contribution in [3.05, 3.63) is 52.5 Å². The zero-order valence-corrected chi connectivity index (χ0v) is 17.9. The minimum absolute atomic E-state index is 0.0558. The molecular formula is C19H24FN3O4S2. The SMILES string of the molecule is CN(C)CCCNC(=O)C(=O)NC[C@@H](c1cccs1)S(=O)(=O)c1ccc(F)cc1. The highest BCUT2D eigenvalue weighted by molar-refractivity contribution is 7.91. The van der Waals surface area contributed by atoms with Gasteiger partial charge in [0, 0.05) is 18.0 Å². The topological polar surface area (TPSA) is 95.6 Å². The third kappa shape index (κ3) is 6.62. The predicted molar refractivity (Wildman–Crippen MR) is 110 cm³/mol. The first-order valence-corrected chi connectivity index (χ1v) is 11.4. The zero-order valence-electron chi connectivity index (χ0n) is 16.2. The third-order valence-electron chi connectivity index (χ3n) is 4.10. The van der Waals surface area contributed by atoms with Gasteiger partial charge >= 0.3 is 11.8 Å². The lowest BCUT2D eigenvalue weighted by Gasteiger charge is -2.17. The highest BCUT2D eigenvalue weighted by Crippen LogP contribution is 2.31. The lowest BCUT2D eigenvalue weighted by atomic mass is 10.3. The number of amides is 2. The molecule has 0 fully saturated rings. The van der Waals surface area contributed by atoms with Crippen molar-refractivity contribution < 1.29 is 22.4 Å². The highest BCUT2D eigenvalue weighted by atomic mass is 32.2. The van der Waals surface area contributed by atoms with Gasteiger partial charge in [-0.25, -0.2) is 12.8 Å². The van der Waals surface area contributed by atoms with Crippen LogP contribution >= 0.6 is 11.3 Å². The smallest absolute Gasteiger partial charge is 0.309 e. The summed E-state index contributed by atoms with van der Waals surface area (Å²) in [7, 11) is -0.0936. The van der Waals surface area contributed by atoms with Gasteiger partial charge in [-0.2, -0.15) is 0 Å².